The van der Waals surface area contributed by atoms with Crippen LogP contribution in [0.2, 0.25) is 0 Å². The van der Waals surface area contributed by atoms with Crippen LogP contribution >= 0.6 is 0 Å². The van der Waals surface area contributed by atoms with Gasteiger partial charge in [0.15, 0.2) is 0 Å². The van der Waals surface area contributed by atoms with Crippen molar-refractivity contribution in [3.8, 4) is 11.5 Å². The van der Waals surface area contributed by atoms with Crippen molar-refractivity contribution in [1.82, 2.24) is 9.88 Å². The smallest absolute Gasteiger partial charge is 0.295 e. The first-order valence-corrected chi connectivity index (χ1v) is 9.44. The van der Waals surface area contributed by atoms with Crippen LogP contribution in [0.1, 0.15) is 36.9 Å². The van der Waals surface area contributed by atoms with E-state index in [4.69, 9.17) is 9.47 Å². The zero-order valence-electron chi connectivity index (χ0n) is 16.7. The minimum atomic E-state index is -0.736. The first-order valence-electron chi connectivity index (χ1n) is 9.44. The SMILES string of the molecule is CCCCN1C(=O)C(=O)/C(=C(/O)c2c(OC)cccc2OC)C1c1cccnc1. The Morgan fingerprint density at radius 2 is 1.83 bits per heavy atom. The summed E-state index contributed by atoms with van der Waals surface area (Å²) in [5.74, 6) is -1.02. The van der Waals surface area contributed by atoms with E-state index in [9.17, 15) is 14.7 Å². The lowest BCUT2D eigenvalue weighted by molar-refractivity contribution is -0.139. The summed E-state index contributed by atoms with van der Waals surface area (Å²) >= 11 is 0. The fraction of sp³-hybridized carbons (Fsp3) is 0.318. The summed E-state index contributed by atoms with van der Waals surface area (Å²) in [5.41, 5.74) is 0.889. The molecule has 0 spiro atoms. The number of likely N-dealkylation sites (tertiary alicyclic amines) is 1. The molecule has 1 aromatic carbocycles. The van der Waals surface area contributed by atoms with Crippen LogP contribution in [-0.4, -0.2) is 47.4 Å². The van der Waals surface area contributed by atoms with Crippen LogP contribution in [0.25, 0.3) is 5.76 Å². The summed E-state index contributed by atoms with van der Waals surface area (Å²) < 4.78 is 10.7. The monoisotopic (exact) mass is 396 g/mol. The fourth-order valence-electron chi connectivity index (χ4n) is 3.54. The van der Waals surface area contributed by atoms with Gasteiger partial charge in [0.05, 0.1) is 25.8 Å². The van der Waals surface area contributed by atoms with E-state index < -0.39 is 17.7 Å². The van der Waals surface area contributed by atoms with Gasteiger partial charge in [-0.2, -0.15) is 0 Å². The summed E-state index contributed by atoms with van der Waals surface area (Å²) in [6.45, 7) is 2.41. The molecule has 2 heterocycles. The van der Waals surface area contributed by atoms with Gasteiger partial charge in [0.2, 0.25) is 0 Å². The van der Waals surface area contributed by atoms with Crippen LogP contribution in [0.3, 0.4) is 0 Å². The van der Waals surface area contributed by atoms with Crippen LogP contribution in [0, 0.1) is 0 Å². The van der Waals surface area contributed by atoms with Crippen molar-refractivity contribution in [3.05, 3.63) is 59.4 Å². The van der Waals surface area contributed by atoms with Crippen molar-refractivity contribution >= 4 is 17.4 Å². The van der Waals surface area contributed by atoms with Gasteiger partial charge < -0.3 is 19.5 Å². The third-order valence-corrected chi connectivity index (χ3v) is 4.96. The van der Waals surface area contributed by atoms with Gasteiger partial charge in [-0.25, -0.2) is 0 Å². The Hall–Kier alpha value is -3.35. The molecular weight excluding hydrogens is 372 g/mol. The lowest BCUT2D eigenvalue weighted by atomic mass is 9.95. The summed E-state index contributed by atoms with van der Waals surface area (Å²) in [7, 11) is 2.92. The van der Waals surface area contributed by atoms with Crippen LogP contribution < -0.4 is 9.47 Å². The number of aromatic nitrogens is 1. The number of unbranched alkanes of at least 4 members (excludes halogenated alkanes) is 1. The zero-order chi connectivity index (χ0) is 21.0. The molecule has 3 rings (SSSR count). The van der Waals surface area contributed by atoms with E-state index in [0.29, 0.717) is 23.6 Å². The molecule has 0 aliphatic carbocycles. The quantitative estimate of drug-likeness (QED) is 0.439. The fourth-order valence-corrected chi connectivity index (χ4v) is 3.54. The lowest BCUT2D eigenvalue weighted by Gasteiger charge is -2.25. The predicted molar refractivity (Wildman–Crippen MR) is 108 cm³/mol. The van der Waals surface area contributed by atoms with Crippen LogP contribution in [0.4, 0.5) is 0 Å². The molecule has 1 fully saturated rings. The number of methoxy groups -OCH3 is 2. The molecule has 0 radical (unpaired) electrons. The molecule has 2 aromatic rings. The minimum Gasteiger partial charge on any atom is -0.506 e. The number of hydrogen-bond acceptors (Lipinski definition) is 6. The molecule has 0 bridgehead atoms. The number of aliphatic hydroxyl groups is 1. The molecule has 29 heavy (non-hydrogen) atoms. The molecule has 1 aliphatic heterocycles. The highest BCUT2D eigenvalue weighted by atomic mass is 16.5. The Bertz CT molecular complexity index is 917. The molecule has 1 amide bonds. The van der Waals surface area contributed by atoms with Crippen molar-refractivity contribution in [3.63, 3.8) is 0 Å². The lowest BCUT2D eigenvalue weighted by Crippen LogP contribution is -2.30. The Morgan fingerprint density at radius 3 is 2.38 bits per heavy atom. The van der Waals surface area contributed by atoms with Gasteiger partial charge in [-0.1, -0.05) is 25.5 Å². The number of hydrogen-bond donors (Lipinski definition) is 1. The molecule has 1 aromatic heterocycles. The molecular formula is C22H24N2O5. The minimum absolute atomic E-state index is 0.00176. The Morgan fingerprint density at radius 1 is 1.14 bits per heavy atom. The van der Waals surface area contributed by atoms with E-state index in [1.807, 2.05) is 6.92 Å². The number of aliphatic hydroxyl groups excluding tert-OH is 1. The van der Waals surface area contributed by atoms with Crippen molar-refractivity contribution in [2.75, 3.05) is 20.8 Å². The van der Waals surface area contributed by atoms with Crippen molar-refractivity contribution < 1.29 is 24.2 Å². The first-order chi connectivity index (χ1) is 14.0. The molecule has 1 atom stereocenters. The van der Waals surface area contributed by atoms with Crippen molar-refractivity contribution in [2.45, 2.75) is 25.8 Å². The number of carbonyl (C=O) groups is 2. The van der Waals surface area contributed by atoms with E-state index >= 15 is 0 Å². The third kappa shape index (κ3) is 3.68. The van der Waals surface area contributed by atoms with Crippen LogP contribution in [-0.2, 0) is 9.59 Å². The largest absolute Gasteiger partial charge is 0.506 e. The maximum Gasteiger partial charge on any atom is 0.295 e. The molecule has 152 valence electrons. The van der Waals surface area contributed by atoms with Gasteiger partial charge >= 0.3 is 0 Å². The zero-order valence-corrected chi connectivity index (χ0v) is 16.7. The number of benzene rings is 1. The molecule has 1 N–H and O–H groups in total. The van der Waals surface area contributed by atoms with Crippen molar-refractivity contribution in [2.24, 2.45) is 0 Å². The maximum atomic E-state index is 13.0. The highest BCUT2D eigenvalue weighted by molar-refractivity contribution is 6.46. The average Bonchev–Trinajstić information content (AvgIpc) is 3.01. The van der Waals surface area contributed by atoms with E-state index in [1.54, 1.807) is 42.7 Å². The Kier molecular flexibility index (Phi) is 6.16. The third-order valence-electron chi connectivity index (χ3n) is 4.96. The van der Waals surface area contributed by atoms with Gasteiger partial charge in [-0.05, 0) is 30.2 Å². The highest BCUT2D eigenvalue weighted by Crippen LogP contribution is 2.43. The second kappa shape index (κ2) is 8.77. The average molecular weight is 396 g/mol. The Balaban J connectivity index is 2.25. The number of amides is 1. The number of Topliss-reactive ketones (excluding diaryl/α,β-unsaturated/α-hetero) is 1. The van der Waals surface area contributed by atoms with E-state index in [1.165, 1.54) is 19.1 Å². The normalized spacial score (nSPS) is 18.2. The standard InChI is InChI=1S/C22H24N2O5/c1-4-5-12-24-19(14-8-7-11-23-13-14)18(21(26)22(24)27)20(25)17-15(28-2)9-6-10-16(17)29-3/h6-11,13,19,25H,4-5,12H2,1-3H3/b20-18+. The second-order valence-corrected chi connectivity index (χ2v) is 6.67. The first kappa shape index (κ1) is 20.4. The molecule has 0 saturated carbocycles. The summed E-state index contributed by atoms with van der Waals surface area (Å²) in [6.07, 6.45) is 4.82. The van der Waals surface area contributed by atoms with E-state index in [0.717, 1.165) is 12.8 Å². The van der Waals surface area contributed by atoms with Gasteiger partial charge in [-0.15, -0.1) is 0 Å². The maximum absolute atomic E-state index is 13.0. The van der Waals surface area contributed by atoms with E-state index in [2.05, 4.69) is 4.98 Å². The molecule has 1 unspecified atom stereocenters. The van der Waals surface area contributed by atoms with Crippen LogP contribution in [0.15, 0.2) is 48.3 Å². The molecule has 1 aliphatic rings. The number of carbonyl (C=O) groups excluding carboxylic acids is 2. The number of ether oxygens (including phenoxy) is 2. The van der Waals surface area contributed by atoms with Gasteiger partial charge in [0.1, 0.15) is 22.8 Å². The summed E-state index contributed by atoms with van der Waals surface area (Å²) in [5, 5.41) is 11.2. The number of nitrogens with zero attached hydrogens (tertiary/aromatic N) is 2. The number of rotatable bonds is 7. The Labute approximate surface area is 169 Å². The van der Waals surface area contributed by atoms with Crippen molar-refractivity contribution in [1.29, 1.82) is 0 Å². The number of ketones is 1. The highest BCUT2D eigenvalue weighted by Gasteiger charge is 2.46. The molecule has 7 nitrogen and oxygen atoms in total. The van der Waals surface area contributed by atoms with Gasteiger partial charge in [0.25, 0.3) is 11.7 Å². The number of pyridine rings is 1. The van der Waals surface area contributed by atoms with Gasteiger partial charge in [0, 0.05) is 18.9 Å². The second-order valence-electron chi connectivity index (χ2n) is 6.67. The summed E-state index contributed by atoms with van der Waals surface area (Å²) in [4.78, 5) is 31.4. The predicted octanol–water partition coefficient (Wildman–Crippen LogP) is 3.32. The van der Waals surface area contributed by atoms with Gasteiger partial charge in [-0.3, -0.25) is 14.6 Å². The molecule has 1 saturated heterocycles. The summed E-state index contributed by atoms with van der Waals surface area (Å²) in [6, 6.07) is 7.82. The molecule has 7 heteroatoms. The topological polar surface area (TPSA) is 89.0 Å². The van der Waals surface area contributed by atoms with Crippen LogP contribution in [0.5, 0.6) is 11.5 Å². The van der Waals surface area contributed by atoms with E-state index in [-0.39, 0.29) is 16.9 Å².